The maximum Gasteiger partial charge on any atom is 0.573 e. The first kappa shape index (κ1) is 20.3. The molecule has 32 heavy (non-hydrogen) atoms. The summed E-state index contributed by atoms with van der Waals surface area (Å²) in [5, 5.41) is 8.49. The van der Waals surface area contributed by atoms with Crippen molar-refractivity contribution in [3.05, 3.63) is 71.4 Å². The van der Waals surface area contributed by atoms with Crippen LogP contribution < -0.4 is 4.74 Å². The first-order valence-corrected chi connectivity index (χ1v) is 9.79. The number of rotatable bonds is 4. The predicted molar refractivity (Wildman–Crippen MR) is 106 cm³/mol. The largest absolute Gasteiger partial charge is 0.573 e. The lowest BCUT2D eigenvalue weighted by Gasteiger charge is -2.24. The predicted octanol–water partition coefficient (Wildman–Crippen LogP) is 5.08. The SMILES string of the molecule is Cc1ccc([C@H]2Cn3nc(-c4nc(-c5ccc(OC(F)(F)F)cc5)no4)cc3CO2)cc1. The second-order valence-corrected chi connectivity index (χ2v) is 7.41. The molecule has 2 aromatic heterocycles. The second kappa shape index (κ2) is 7.79. The number of ether oxygens (including phenoxy) is 2. The zero-order chi connectivity index (χ0) is 22.3. The molecule has 3 heterocycles. The molecule has 0 radical (unpaired) electrons. The Hall–Kier alpha value is -3.66. The average Bonchev–Trinajstić information content (AvgIpc) is 3.40. The molecule has 1 atom stereocenters. The normalized spacial score (nSPS) is 16.1. The highest BCUT2D eigenvalue weighted by molar-refractivity contribution is 5.59. The van der Waals surface area contributed by atoms with E-state index in [9.17, 15) is 13.2 Å². The molecule has 0 aliphatic carbocycles. The molecule has 0 N–H and O–H groups in total. The summed E-state index contributed by atoms with van der Waals surface area (Å²) in [6, 6.07) is 15.2. The lowest BCUT2D eigenvalue weighted by atomic mass is 10.1. The van der Waals surface area contributed by atoms with E-state index in [2.05, 4.69) is 20.0 Å². The summed E-state index contributed by atoms with van der Waals surface area (Å²) in [7, 11) is 0. The number of aryl methyl sites for hydroxylation is 1. The van der Waals surface area contributed by atoms with Crippen LogP contribution in [0.25, 0.3) is 23.0 Å². The molecule has 0 bridgehead atoms. The average molecular weight is 442 g/mol. The van der Waals surface area contributed by atoms with Crippen molar-refractivity contribution >= 4 is 0 Å². The van der Waals surface area contributed by atoms with E-state index in [1.807, 2.05) is 41.9 Å². The van der Waals surface area contributed by atoms with Gasteiger partial charge in [0.05, 0.1) is 18.8 Å². The van der Waals surface area contributed by atoms with Crippen LogP contribution in [0.1, 0.15) is 22.9 Å². The van der Waals surface area contributed by atoms with Crippen molar-refractivity contribution in [3.63, 3.8) is 0 Å². The van der Waals surface area contributed by atoms with Crippen molar-refractivity contribution < 1.29 is 27.2 Å². The van der Waals surface area contributed by atoms with E-state index in [0.29, 0.717) is 24.4 Å². The lowest BCUT2D eigenvalue weighted by Crippen LogP contribution is -2.21. The molecule has 0 saturated heterocycles. The van der Waals surface area contributed by atoms with E-state index in [4.69, 9.17) is 9.26 Å². The third-order valence-corrected chi connectivity index (χ3v) is 5.07. The quantitative estimate of drug-likeness (QED) is 0.439. The number of nitrogens with zero attached hydrogens (tertiary/aromatic N) is 4. The van der Waals surface area contributed by atoms with Crippen LogP contribution in [0, 0.1) is 6.92 Å². The van der Waals surface area contributed by atoms with Crippen molar-refractivity contribution in [2.75, 3.05) is 0 Å². The minimum absolute atomic E-state index is 0.105. The van der Waals surface area contributed by atoms with Gasteiger partial charge in [-0.2, -0.15) is 10.1 Å². The summed E-state index contributed by atoms with van der Waals surface area (Å²) in [5.74, 6) is 0.123. The van der Waals surface area contributed by atoms with Crippen LogP contribution in [0.15, 0.2) is 59.1 Å². The molecule has 0 unspecified atom stereocenters. The van der Waals surface area contributed by atoms with Gasteiger partial charge in [-0.25, -0.2) is 0 Å². The van der Waals surface area contributed by atoms with Crippen molar-refractivity contribution in [1.82, 2.24) is 19.9 Å². The maximum atomic E-state index is 12.3. The highest BCUT2D eigenvalue weighted by atomic mass is 19.4. The summed E-state index contributed by atoms with van der Waals surface area (Å²) in [5.41, 5.74) is 4.14. The third-order valence-electron chi connectivity index (χ3n) is 5.07. The van der Waals surface area contributed by atoms with Gasteiger partial charge in [0.1, 0.15) is 11.9 Å². The van der Waals surface area contributed by atoms with Crippen LogP contribution in [0.2, 0.25) is 0 Å². The van der Waals surface area contributed by atoms with Gasteiger partial charge >= 0.3 is 6.36 Å². The molecule has 2 aromatic carbocycles. The Morgan fingerprint density at radius 2 is 1.81 bits per heavy atom. The second-order valence-electron chi connectivity index (χ2n) is 7.41. The molecule has 1 aliphatic heterocycles. The topological polar surface area (TPSA) is 75.2 Å². The number of hydrogen-bond acceptors (Lipinski definition) is 6. The minimum atomic E-state index is -4.75. The standard InChI is InChI=1S/C22H17F3N4O3/c1-13-2-4-14(5-3-13)19-11-29-16(12-30-19)10-18(27-29)21-26-20(28-32-21)15-6-8-17(9-7-15)31-22(23,24)25/h2-10,19H,11-12H2,1H3/t19-/m1/s1. The summed E-state index contributed by atoms with van der Waals surface area (Å²) in [6.45, 7) is 2.99. The van der Waals surface area contributed by atoms with Crippen LogP contribution in [0.5, 0.6) is 5.75 Å². The van der Waals surface area contributed by atoms with Gasteiger partial charge in [-0.15, -0.1) is 13.2 Å². The molecule has 5 rings (SSSR count). The van der Waals surface area contributed by atoms with Crippen molar-refractivity contribution in [2.24, 2.45) is 0 Å². The molecular formula is C22H17F3N4O3. The maximum absolute atomic E-state index is 12.3. The van der Waals surface area contributed by atoms with Gasteiger partial charge in [-0.1, -0.05) is 35.0 Å². The van der Waals surface area contributed by atoms with Gasteiger partial charge in [0.2, 0.25) is 5.82 Å². The summed E-state index contributed by atoms with van der Waals surface area (Å²) in [4.78, 5) is 4.33. The van der Waals surface area contributed by atoms with E-state index in [1.54, 1.807) is 0 Å². The molecular weight excluding hydrogens is 425 g/mol. The van der Waals surface area contributed by atoms with Gasteiger partial charge in [0, 0.05) is 5.56 Å². The highest BCUT2D eigenvalue weighted by Gasteiger charge is 2.31. The zero-order valence-electron chi connectivity index (χ0n) is 16.8. The smallest absolute Gasteiger partial charge is 0.406 e. The number of hydrogen-bond donors (Lipinski definition) is 0. The molecule has 1 aliphatic rings. The minimum Gasteiger partial charge on any atom is -0.406 e. The van der Waals surface area contributed by atoms with Crippen LogP contribution in [0.3, 0.4) is 0 Å². The van der Waals surface area contributed by atoms with Crippen molar-refractivity contribution in [3.8, 4) is 28.7 Å². The van der Waals surface area contributed by atoms with Crippen LogP contribution in [-0.2, 0) is 17.9 Å². The van der Waals surface area contributed by atoms with Crippen molar-refractivity contribution in [1.29, 1.82) is 0 Å². The zero-order valence-corrected chi connectivity index (χ0v) is 16.8. The number of halogens is 3. The lowest BCUT2D eigenvalue weighted by molar-refractivity contribution is -0.274. The van der Waals surface area contributed by atoms with E-state index in [-0.39, 0.29) is 23.6 Å². The van der Waals surface area contributed by atoms with Gasteiger partial charge in [0.15, 0.2) is 5.69 Å². The Morgan fingerprint density at radius 3 is 2.53 bits per heavy atom. The van der Waals surface area contributed by atoms with Gasteiger partial charge in [-0.3, -0.25) is 4.68 Å². The van der Waals surface area contributed by atoms with Gasteiger partial charge in [0.25, 0.3) is 5.89 Å². The van der Waals surface area contributed by atoms with Crippen LogP contribution >= 0.6 is 0 Å². The fourth-order valence-corrected chi connectivity index (χ4v) is 3.46. The Bertz CT molecular complexity index is 1230. The molecule has 0 fully saturated rings. The Kier molecular flexibility index (Phi) is 4.93. The molecule has 0 spiro atoms. The number of aromatic nitrogens is 4. The summed E-state index contributed by atoms with van der Waals surface area (Å²) >= 11 is 0. The molecule has 164 valence electrons. The van der Waals surface area contributed by atoms with Gasteiger partial charge < -0.3 is 14.0 Å². The highest BCUT2D eigenvalue weighted by Crippen LogP contribution is 2.30. The van der Waals surface area contributed by atoms with E-state index in [0.717, 1.165) is 11.3 Å². The fraction of sp³-hybridized carbons (Fsp3) is 0.227. The van der Waals surface area contributed by atoms with E-state index in [1.165, 1.54) is 29.8 Å². The molecule has 4 aromatic rings. The number of fused-ring (bicyclic) bond motifs is 1. The number of alkyl halides is 3. The Labute approximate surface area is 180 Å². The van der Waals surface area contributed by atoms with E-state index < -0.39 is 6.36 Å². The fourth-order valence-electron chi connectivity index (χ4n) is 3.46. The van der Waals surface area contributed by atoms with Crippen LogP contribution in [-0.4, -0.2) is 26.3 Å². The summed E-state index contributed by atoms with van der Waals surface area (Å²) < 4.78 is 54.0. The molecule has 0 saturated carbocycles. The molecule has 10 heteroatoms. The Balaban J connectivity index is 1.33. The first-order valence-electron chi connectivity index (χ1n) is 9.79. The van der Waals surface area contributed by atoms with Gasteiger partial charge in [-0.05, 0) is 42.8 Å². The monoisotopic (exact) mass is 442 g/mol. The first-order chi connectivity index (χ1) is 15.3. The number of benzene rings is 2. The Morgan fingerprint density at radius 1 is 1.06 bits per heavy atom. The van der Waals surface area contributed by atoms with E-state index >= 15 is 0 Å². The third kappa shape index (κ3) is 4.22. The van der Waals surface area contributed by atoms with Crippen molar-refractivity contribution in [2.45, 2.75) is 32.5 Å². The molecule has 7 nitrogen and oxygen atoms in total. The summed E-state index contributed by atoms with van der Waals surface area (Å²) in [6.07, 6.45) is -4.85. The molecule has 0 amide bonds. The van der Waals surface area contributed by atoms with Crippen LogP contribution in [0.4, 0.5) is 13.2 Å².